The number of unbranched alkanes of at least 4 members (excludes halogenated alkanes) is 2. The molecular weight excluding hydrogens is 240 g/mol. The van der Waals surface area contributed by atoms with Crippen LogP contribution in [0.5, 0.6) is 0 Å². The number of aryl methyl sites for hydroxylation is 1. The molecule has 19 heavy (non-hydrogen) atoms. The number of carbonyl (C=O) groups is 1. The van der Waals surface area contributed by atoms with Crippen LogP contribution in [0, 0.1) is 6.92 Å². The Morgan fingerprint density at radius 1 is 1.32 bits per heavy atom. The first-order valence-electron chi connectivity index (χ1n) is 6.93. The van der Waals surface area contributed by atoms with Gasteiger partial charge in [0.1, 0.15) is 5.69 Å². The first kappa shape index (κ1) is 15.4. The molecule has 0 bridgehead atoms. The quantitative estimate of drug-likeness (QED) is 0.743. The van der Waals surface area contributed by atoms with Gasteiger partial charge >= 0.3 is 0 Å². The molecule has 0 fully saturated rings. The number of anilines is 1. The molecule has 0 spiro atoms. The third kappa shape index (κ3) is 5.68. The van der Waals surface area contributed by atoms with Crippen LogP contribution in [0.2, 0.25) is 0 Å². The molecule has 0 aliphatic rings. The highest BCUT2D eigenvalue weighted by molar-refractivity contribution is 5.92. The maximum absolute atomic E-state index is 12.0. The Balaban J connectivity index is 2.65. The van der Waals surface area contributed by atoms with Crippen molar-refractivity contribution in [2.75, 3.05) is 11.9 Å². The SMILES string of the molecule is CCCCCNC(=O)c1cc(C)nc(NC(C)C)n1. The van der Waals surface area contributed by atoms with Crippen molar-refractivity contribution in [2.45, 2.75) is 53.0 Å². The summed E-state index contributed by atoms with van der Waals surface area (Å²) >= 11 is 0. The van der Waals surface area contributed by atoms with Gasteiger partial charge in [0.2, 0.25) is 5.95 Å². The van der Waals surface area contributed by atoms with Crippen LogP contribution in [0.3, 0.4) is 0 Å². The molecule has 0 aliphatic carbocycles. The summed E-state index contributed by atoms with van der Waals surface area (Å²) in [5.74, 6) is 0.377. The van der Waals surface area contributed by atoms with E-state index in [0.717, 1.165) is 25.0 Å². The highest BCUT2D eigenvalue weighted by Gasteiger charge is 2.10. The smallest absolute Gasteiger partial charge is 0.270 e. The first-order chi connectivity index (χ1) is 9.02. The van der Waals surface area contributed by atoms with E-state index < -0.39 is 0 Å². The molecule has 2 N–H and O–H groups in total. The minimum atomic E-state index is -0.131. The van der Waals surface area contributed by atoms with E-state index in [9.17, 15) is 4.79 Å². The minimum Gasteiger partial charge on any atom is -0.352 e. The Hall–Kier alpha value is -1.65. The fourth-order valence-corrected chi connectivity index (χ4v) is 1.68. The van der Waals surface area contributed by atoms with Gasteiger partial charge in [-0.3, -0.25) is 4.79 Å². The van der Waals surface area contributed by atoms with Gasteiger partial charge in [-0.25, -0.2) is 9.97 Å². The van der Waals surface area contributed by atoms with Crippen LogP contribution in [0.4, 0.5) is 5.95 Å². The van der Waals surface area contributed by atoms with E-state index in [0.29, 0.717) is 18.2 Å². The van der Waals surface area contributed by atoms with Crippen LogP contribution in [0.1, 0.15) is 56.2 Å². The molecule has 0 aromatic carbocycles. The predicted octanol–water partition coefficient (Wildman–Crippen LogP) is 2.53. The van der Waals surface area contributed by atoms with Gasteiger partial charge in [0.05, 0.1) is 0 Å². The summed E-state index contributed by atoms with van der Waals surface area (Å²) in [4.78, 5) is 20.5. The highest BCUT2D eigenvalue weighted by Crippen LogP contribution is 2.06. The molecule has 1 heterocycles. The molecule has 0 aliphatic heterocycles. The minimum absolute atomic E-state index is 0.131. The van der Waals surface area contributed by atoms with E-state index in [-0.39, 0.29) is 11.9 Å². The van der Waals surface area contributed by atoms with Gasteiger partial charge in [0.15, 0.2) is 0 Å². The van der Waals surface area contributed by atoms with Gasteiger partial charge in [-0.2, -0.15) is 0 Å². The second kappa shape index (κ2) is 7.71. The zero-order valence-corrected chi connectivity index (χ0v) is 12.3. The topological polar surface area (TPSA) is 66.9 Å². The molecule has 5 heteroatoms. The molecule has 1 amide bonds. The summed E-state index contributed by atoms with van der Waals surface area (Å²) in [5.41, 5.74) is 1.21. The van der Waals surface area contributed by atoms with Crippen molar-refractivity contribution in [1.82, 2.24) is 15.3 Å². The third-order valence-corrected chi connectivity index (χ3v) is 2.57. The van der Waals surface area contributed by atoms with Gasteiger partial charge in [0, 0.05) is 18.3 Å². The van der Waals surface area contributed by atoms with Crippen LogP contribution in [0.15, 0.2) is 6.07 Å². The number of nitrogens with zero attached hydrogens (tertiary/aromatic N) is 2. The van der Waals surface area contributed by atoms with E-state index in [4.69, 9.17) is 0 Å². The molecule has 1 aromatic heterocycles. The Morgan fingerprint density at radius 2 is 2.05 bits per heavy atom. The third-order valence-electron chi connectivity index (χ3n) is 2.57. The van der Waals surface area contributed by atoms with Crippen LogP contribution in [-0.4, -0.2) is 28.5 Å². The normalized spacial score (nSPS) is 10.6. The molecule has 0 radical (unpaired) electrons. The maximum atomic E-state index is 12.0. The second-order valence-corrected chi connectivity index (χ2v) is 4.98. The largest absolute Gasteiger partial charge is 0.352 e. The fraction of sp³-hybridized carbons (Fsp3) is 0.643. The first-order valence-corrected chi connectivity index (χ1v) is 6.93. The fourth-order valence-electron chi connectivity index (χ4n) is 1.68. The highest BCUT2D eigenvalue weighted by atomic mass is 16.1. The summed E-state index contributed by atoms with van der Waals surface area (Å²) in [5, 5.41) is 6.00. The number of rotatable bonds is 7. The Bertz CT molecular complexity index is 418. The van der Waals surface area contributed by atoms with E-state index in [2.05, 4.69) is 27.5 Å². The van der Waals surface area contributed by atoms with Crippen LogP contribution in [-0.2, 0) is 0 Å². The molecule has 1 aromatic rings. The molecule has 0 saturated carbocycles. The van der Waals surface area contributed by atoms with E-state index in [1.807, 2.05) is 20.8 Å². The lowest BCUT2D eigenvalue weighted by Crippen LogP contribution is -2.26. The average molecular weight is 264 g/mol. The lowest BCUT2D eigenvalue weighted by atomic mass is 10.2. The number of carbonyl (C=O) groups excluding carboxylic acids is 1. The number of aromatic nitrogens is 2. The van der Waals surface area contributed by atoms with Gasteiger partial charge in [0.25, 0.3) is 5.91 Å². The monoisotopic (exact) mass is 264 g/mol. The van der Waals surface area contributed by atoms with Crippen molar-refractivity contribution in [2.24, 2.45) is 0 Å². The average Bonchev–Trinajstić information content (AvgIpc) is 2.32. The molecule has 1 rings (SSSR count). The summed E-state index contributed by atoms with van der Waals surface area (Å²) in [6.45, 7) is 8.72. The lowest BCUT2D eigenvalue weighted by Gasteiger charge is -2.10. The molecule has 5 nitrogen and oxygen atoms in total. The van der Waals surface area contributed by atoms with Crippen LogP contribution in [0.25, 0.3) is 0 Å². The van der Waals surface area contributed by atoms with E-state index in [1.54, 1.807) is 6.07 Å². The summed E-state index contributed by atoms with van der Waals surface area (Å²) in [6.07, 6.45) is 3.28. The van der Waals surface area contributed by atoms with Crippen LogP contribution >= 0.6 is 0 Å². The van der Waals surface area contributed by atoms with Gasteiger partial charge in [-0.1, -0.05) is 19.8 Å². The van der Waals surface area contributed by atoms with E-state index >= 15 is 0 Å². The Labute approximate surface area is 115 Å². The van der Waals surface area contributed by atoms with Crippen molar-refractivity contribution in [3.63, 3.8) is 0 Å². The van der Waals surface area contributed by atoms with E-state index in [1.165, 1.54) is 0 Å². The zero-order valence-electron chi connectivity index (χ0n) is 12.3. The van der Waals surface area contributed by atoms with Crippen molar-refractivity contribution in [3.05, 3.63) is 17.5 Å². The van der Waals surface area contributed by atoms with Gasteiger partial charge < -0.3 is 10.6 Å². The summed E-state index contributed by atoms with van der Waals surface area (Å²) in [7, 11) is 0. The predicted molar refractivity (Wildman–Crippen MR) is 77.4 cm³/mol. The molecule has 0 saturated heterocycles. The lowest BCUT2D eigenvalue weighted by molar-refractivity contribution is 0.0948. The molecular formula is C14H24N4O. The molecule has 0 unspecified atom stereocenters. The van der Waals surface area contributed by atoms with Gasteiger partial charge in [-0.15, -0.1) is 0 Å². The Kier molecular flexibility index (Phi) is 6.25. The number of hydrogen-bond donors (Lipinski definition) is 2. The van der Waals surface area contributed by atoms with Crippen molar-refractivity contribution in [3.8, 4) is 0 Å². The molecule has 0 atom stereocenters. The maximum Gasteiger partial charge on any atom is 0.270 e. The van der Waals surface area contributed by atoms with Crippen molar-refractivity contribution >= 4 is 11.9 Å². The number of amides is 1. The number of nitrogens with one attached hydrogen (secondary N) is 2. The number of hydrogen-bond acceptors (Lipinski definition) is 4. The van der Waals surface area contributed by atoms with Crippen LogP contribution < -0.4 is 10.6 Å². The second-order valence-electron chi connectivity index (χ2n) is 4.98. The van der Waals surface area contributed by atoms with Gasteiger partial charge in [-0.05, 0) is 33.3 Å². The Morgan fingerprint density at radius 3 is 2.68 bits per heavy atom. The van der Waals surface area contributed by atoms with Crippen molar-refractivity contribution in [1.29, 1.82) is 0 Å². The standard InChI is InChI=1S/C14H24N4O/c1-5-6-7-8-15-13(19)12-9-11(4)17-14(18-12)16-10(2)3/h9-10H,5-8H2,1-4H3,(H,15,19)(H,16,17,18). The summed E-state index contributed by atoms with van der Waals surface area (Å²) in [6, 6.07) is 1.95. The van der Waals surface area contributed by atoms with Crippen molar-refractivity contribution < 1.29 is 4.79 Å². The summed E-state index contributed by atoms with van der Waals surface area (Å²) < 4.78 is 0. The zero-order chi connectivity index (χ0) is 14.3. The molecule has 106 valence electrons.